The number of halogens is 1. The summed E-state index contributed by atoms with van der Waals surface area (Å²) in [4.78, 5) is 0. The smallest absolute Gasteiger partial charge is 0.129 e. The summed E-state index contributed by atoms with van der Waals surface area (Å²) < 4.78 is 5.75. The summed E-state index contributed by atoms with van der Waals surface area (Å²) in [5.41, 5.74) is 2.29. The van der Waals surface area contributed by atoms with E-state index in [0.717, 1.165) is 10.0 Å². The van der Waals surface area contributed by atoms with Crippen molar-refractivity contribution < 1.29 is 9.63 Å². The lowest BCUT2D eigenvalue weighted by atomic mass is 10.1. The molecule has 1 aromatic heterocycles. The van der Waals surface area contributed by atoms with E-state index in [1.165, 1.54) is 6.26 Å². The van der Waals surface area contributed by atoms with Crippen molar-refractivity contribution in [2.24, 2.45) is 0 Å². The topological polar surface area (TPSA) is 46.3 Å². The van der Waals surface area contributed by atoms with Gasteiger partial charge in [0.1, 0.15) is 12.0 Å². The highest BCUT2D eigenvalue weighted by atomic mass is 79.9. The molecule has 1 aromatic carbocycles. The van der Waals surface area contributed by atoms with Gasteiger partial charge in [-0.25, -0.2) is 0 Å². The lowest BCUT2D eigenvalue weighted by Crippen LogP contribution is -1.86. The molecule has 0 aliphatic heterocycles. The highest BCUT2D eigenvalue weighted by Crippen LogP contribution is 2.29. The van der Waals surface area contributed by atoms with Crippen LogP contribution in [-0.2, 0) is 6.61 Å². The first-order chi connectivity index (χ1) is 6.83. The monoisotopic (exact) mass is 253 g/mol. The van der Waals surface area contributed by atoms with Crippen molar-refractivity contribution >= 4 is 15.9 Å². The first-order valence-electron chi connectivity index (χ1n) is 4.12. The molecule has 0 fully saturated rings. The van der Waals surface area contributed by atoms with Crippen molar-refractivity contribution in [1.29, 1.82) is 0 Å². The van der Waals surface area contributed by atoms with Crippen LogP contribution in [0.25, 0.3) is 11.3 Å². The van der Waals surface area contributed by atoms with Gasteiger partial charge in [0.15, 0.2) is 0 Å². The normalized spacial score (nSPS) is 10.4. The molecule has 4 heteroatoms. The minimum Gasteiger partial charge on any atom is -0.391 e. The van der Waals surface area contributed by atoms with Crippen molar-refractivity contribution in [3.8, 4) is 11.3 Å². The van der Waals surface area contributed by atoms with Crippen LogP contribution in [0.3, 0.4) is 0 Å². The molecule has 2 aromatic rings. The van der Waals surface area contributed by atoms with E-state index in [-0.39, 0.29) is 6.61 Å². The van der Waals surface area contributed by atoms with Gasteiger partial charge in [-0.1, -0.05) is 39.3 Å². The van der Waals surface area contributed by atoms with E-state index in [1.807, 2.05) is 24.3 Å². The van der Waals surface area contributed by atoms with E-state index in [2.05, 4.69) is 21.1 Å². The highest BCUT2D eigenvalue weighted by Gasteiger charge is 2.11. The van der Waals surface area contributed by atoms with Crippen molar-refractivity contribution in [3.05, 3.63) is 40.6 Å². The van der Waals surface area contributed by atoms with Gasteiger partial charge in [0.25, 0.3) is 0 Å². The quantitative estimate of drug-likeness (QED) is 0.895. The maximum absolute atomic E-state index is 9.04. The van der Waals surface area contributed by atoms with Crippen LogP contribution in [0.15, 0.2) is 39.5 Å². The predicted octanol–water partition coefficient (Wildman–Crippen LogP) is 2.60. The number of hydrogen-bond donors (Lipinski definition) is 1. The number of benzene rings is 1. The second-order valence-electron chi connectivity index (χ2n) is 2.83. The third-order valence-corrected chi connectivity index (χ3v) is 2.63. The molecule has 0 amide bonds. The standard InChI is InChI=1S/C10H8BrNO2/c11-9-4-2-1-3-8(9)10-7(5-13)6-14-12-10/h1-4,6,13H,5H2. The molecule has 2 rings (SSSR count). The van der Waals surface area contributed by atoms with Crippen LogP contribution in [0.4, 0.5) is 0 Å². The van der Waals surface area contributed by atoms with Gasteiger partial charge in [-0.2, -0.15) is 0 Å². The number of aliphatic hydroxyl groups is 1. The van der Waals surface area contributed by atoms with Gasteiger partial charge in [-0.05, 0) is 6.07 Å². The first-order valence-corrected chi connectivity index (χ1v) is 4.91. The molecule has 14 heavy (non-hydrogen) atoms. The number of rotatable bonds is 2. The van der Waals surface area contributed by atoms with Gasteiger partial charge in [0.05, 0.1) is 6.61 Å². The van der Waals surface area contributed by atoms with Crippen molar-refractivity contribution in [2.45, 2.75) is 6.61 Å². The van der Waals surface area contributed by atoms with Crippen LogP contribution in [0, 0.1) is 0 Å². The van der Waals surface area contributed by atoms with Crippen LogP contribution in [0.2, 0.25) is 0 Å². The van der Waals surface area contributed by atoms with Gasteiger partial charge in [-0.15, -0.1) is 0 Å². The maximum Gasteiger partial charge on any atom is 0.129 e. The van der Waals surface area contributed by atoms with Crippen molar-refractivity contribution in [1.82, 2.24) is 5.16 Å². The molecule has 0 spiro atoms. The molecular formula is C10H8BrNO2. The molecule has 0 aliphatic carbocycles. The Morgan fingerprint density at radius 1 is 1.36 bits per heavy atom. The molecule has 0 saturated carbocycles. The van der Waals surface area contributed by atoms with Gasteiger partial charge >= 0.3 is 0 Å². The zero-order chi connectivity index (χ0) is 9.97. The molecule has 1 heterocycles. The van der Waals surface area contributed by atoms with E-state index < -0.39 is 0 Å². The molecule has 72 valence electrons. The zero-order valence-corrected chi connectivity index (χ0v) is 8.86. The number of hydrogen-bond acceptors (Lipinski definition) is 3. The molecule has 3 nitrogen and oxygen atoms in total. The summed E-state index contributed by atoms with van der Waals surface area (Å²) in [6, 6.07) is 7.68. The molecule has 1 N–H and O–H groups in total. The van der Waals surface area contributed by atoms with Crippen LogP contribution in [0.1, 0.15) is 5.56 Å². The van der Waals surface area contributed by atoms with Gasteiger partial charge in [0, 0.05) is 15.6 Å². The summed E-state index contributed by atoms with van der Waals surface area (Å²) in [6.45, 7) is -0.0693. The van der Waals surface area contributed by atoms with Crippen LogP contribution < -0.4 is 0 Å². The average Bonchev–Trinajstić information content (AvgIpc) is 2.66. The second kappa shape index (κ2) is 3.94. The van der Waals surface area contributed by atoms with E-state index in [4.69, 9.17) is 9.63 Å². The fourth-order valence-electron chi connectivity index (χ4n) is 1.24. The molecule has 0 unspecified atom stereocenters. The molecular weight excluding hydrogens is 246 g/mol. The maximum atomic E-state index is 9.04. The van der Waals surface area contributed by atoms with Crippen molar-refractivity contribution in [2.75, 3.05) is 0 Å². The fourth-order valence-corrected chi connectivity index (χ4v) is 1.72. The third-order valence-electron chi connectivity index (χ3n) is 1.94. The summed E-state index contributed by atoms with van der Waals surface area (Å²) in [5.74, 6) is 0. The highest BCUT2D eigenvalue weighted by molar-refractivity contribution is 9.10. The third kappa shape index (κ3) is 1.58. The Balaban J connectivity index is 2.54. The van der Waals surface area contributed by atoms with Gasteiger partial charge < -0.3 is 9.63 Å². The van der Waals surface area contributed by atoms with E-state index in [9.17, 15) is 0 Å². The number of nitrogens with zero attached hydrogens (tertiary/aromatic N) is 1. The predicted molar refractivity (Wildman–Crippen MR) is 55.6 cm³/mol. The molecule has 0 bridgehead atoms. The Hall–Kier alpha value is -1.13. The Morgan fingerprint density at radius 3 is 2.86 bits per heavy atom. The van der Waals surface area contributed by atoms with Crippen LogP contribution >= 0.6 is 15.9 Å². The Morgan fingerprint density at radius 2 is 2.14 bits per heavy atom. The number of aliphatic hydroxyl groups excluding tert-OH is 1. The van der Waals surface area contributed by atoms with E-state index in [0.29, 0.717) is 11.3 Å². The summed E-state index contributed by atoms with van der Waals surface area (Å²) in [6.07, 6.45) is 1.45. The van der Waals surface area contributed by atoms with E-state index in [1.54, 1.807) is 0 Å². The van der Waals surface area contributed by atoms with Crippen molar-refractivity contribution in [3.63, 3.8) is 0 Å². The minimum atomic E-state index is -0.0693. The van der Waals surface area contributed by atoms with Gasteiger partial charge in [-0.3, -0.25) is 0 Å². The van der Waals surface area contributed by atoms with Crippen LogP contribution in [0.5, 0.6) is 0 Å². The molecule has 0 atom stereocenters. The van der Waals surface area contributed by atoms with Gasteiger partial charge in [0.2, 0.25) is 0 Å². The number of aromatic nitrogens is 1. The van der Waals surface area contributed by atoms with Crippen LogP contribution in [-0.4, -0.2) is 10.3 Å². The minimum absolute atomic E-state index is 0.0693. The molecule has 0 radical (unpaired) electrons. The second-order valence-corrected chi connectivity index (χ2v) is 3.68. The Labute approximate surface area is 89.5 Å². The largest absolute Gasteiger partial charge is 0.391 e. The van der Waals surface area contributed by atoms with E-state index >= 15 is 0 Å². The summed E-state index contributed by atoms with van der Waals surface area (Å²) in [7, 11) is 0. The fraction of sp³-hybridized carbons (Fsp3) is 0.100. The zero-order valence-electron chi connectivity index (χ0n) is 7.27. The first kappa shape index (κ1) is 9.43. The molecule has 0 aliphatic rings. The Bertz CT molecular complexity index is 439. The molecule has 0 saturated heterocycles. The average molecular weight is 254 g/mol. The summed E-state index contributed by atoms with van der Waals surface area (Å²) >= 11 is 3.42. The lowest BCUT2D eigenvalue weighted by molar-refractivity contribution is 0.280. The lowest BCUT2D eigenvalue weighted by Gasteiger charge is -2.00. The summed E-state index contributed by atoms with van der Waals surface area (Å²) in [5, 5.41) is 12.9. The Kier molecular flexibility index (Phi) is 2.65. The SMILES string of the molecule is OCc1conc1-c1ccccc1Br.